The fourth-order valence-corrected chi connectivity index (χ4v) is 3.65. The smallest absolute Gasteiger partial charge is 0.261 e. The van der Waals surface area contributed by atoms with E-state index in [1.54, 1.807) is 12.1 Å². The predicted molar refractivity (Wildman–Crippen MR) is 92.9 cm³/mol. The van der Waals surface area contributed by atoms with E-state index in [1.165, 1.54) is 23.5 Å². The molecule has 0 aliphatic carbocycles. The normalized spacial score (nSPS) is 16.8. The van der Waals surface area contributed by atoms with Gasteiger partial charge in [-0.2, -0.15) is 0 Å². The second-order valence-electron chi connectivity index (χ2n) is 5.84. The molecule has 0 bridgehead atoms. The molecule has 1 amide bonds. The van der Waals surface area contributed by atoms with Crippen LogP contribution in [0, 0.1) is 12.7 Å². The predicted octanol–water partition coefficient (Wildman–Crippen LogP) is 3.00. The summed E-state index contributed by atoms with van der Waals surface area (Å²) in [6, 6.07) is 10.3. The highest BCUT2D eigenvalue weighted by atomic mass is 32.1. The van der Waals surface area contributed by atoms with Gasteiger partial charge in [0.05, 0.1) is 24.1 Å². The van der Waals surface area contributed by atoms with Crippen LogP contribution in [0.3, 0.4) is 0 Å². The van der Waals surface area contributed by atoms with Crippen LogP contribution in [0.4, 0.5) is 4.39 Å². The summed E-state index contributed by atoms with van der Waals surface area (Å²) >= 11 is 1.49. The van der Waals surface area contributed by atoms with Gasteiger partial charge in [-0.3, -0.25) is 9.69 Å². The van der Waals surface area contributed by atoms with Crippen molar-refractivity contribution < 1.29 is 13.9 Å². The van der Waals surface area contributed by atoms with Crippen molar-refractivity contribution in [3.63, 3.8) is 0 Å². The maximum atomic E-state index is 13.2. The zero-order valence-corrected chi connectivity index (χ0v) is 14.4. The summed E-state index contributed by atoms with van der Waals surface area (Å²) in [5.41, 5.74) is 1.00. The third-order valence-electron chi connectivity index (χ3n) is 4.16. The second kappa shape index (κ2) is 7.88. The van der Waals surface area contributed by atoms with Crippen molar-refractivity contribution in [2.75, 3.05) is 32.8 Å². The van der Waals surface area contributed by atoms with E-state index >= 15 is 0 Å². The summed E-state index contributed by atoms with van der Waals surface area (Å²) in [6.45, 7) is 5.43. The summed E-state index contributed by atoms with van der Waals surface area (Å²) in [4.78, 5) is 16.4. The molecule has 1 saturated heterocycles. The van der Waals surface area contributed by atoms with E-state index in [-0.39, 0.29) is 17.8 Å². The molecule has 0 unspecified atom stereocenters. The van der Waals surface area contributed by atoms with Gasteiger partial charge in [-0.1, -0.05) is 12.1 Å². The van der Waals surface area contributed by atoms with E-state index in [2.05, 4.69) is 10.2 Å². The molecule has 128 valence electrons. The average molecular weight is 348 g/mol. The summed E-state index contributed by atoms with van der Waals surface area (Å²) < 4.78 is 18.6. The number of rotatable bonds is 5. The maximum Gasteiger partial charge on any atom is 0.261 e. The Kier molecular flexibility index (Phi) is 5.60. The van der Waals surface area contributed by atoms with Crippen LogP contribution in [-0.2, 0) is 4.74 Å². The maximum absolute atomic E-state index is 13.2. The molecule has 1 aliphatic heterocycles. The number of aryl methyl sites for hydroxylation is 1. The molecule has 1 aliphatic rings. The summed E-state index contributed by atoms with van der Waals surface area (Å²) in [6.07, 6.45) is 0. The number of hydrogen-bond acceptors (Lipinski definition) is 4. The number of nitrogens with zero attached hydrogens (tertiary/aromatic N) is 1. The monoisotopic (exact) mass is 348 g/mol. The van der Waals surface area contributed by atoms with Gasteiger partial charge in [0.15, 0.2) is 0 Å². The molecule has 1 fully saturated rings. The number of carbonyl (C=O) groups is 1. The van der Waals surface area contributed by atoms with Gasteiger partial charge in [0.25, 0.3) is 5.91 Å². The van der Waals surface area contributed by atoms with Crippen LogP contribution < -0.4 is 5.32 Å². The molecule has 3 rings (SSSR count). The van der Waals surface area contributed by atoms with E-state index in [9.17, 15) is 9.18 Å². The van der Waals surface area contributed by atoms with Crippen molar-refractivity contribution in [2.45, 2.75) is 13.0 Å². The van der Waals surface area contributed by atoms with Crippen molar-refractivity contribution in [2.24, 2.45) is 0 Å². The van der Waals surface area contributed by atoms with Gasteiger partial charge in [-0.25, -0.2) is 4.39 Å². The first-order valence-corrected chi connectivity index (χ1v) is 8.87. The van der Waals surface area contributed by atoms with Crippen molar-refractivity contribution in [3.8, 4) is 0 Å². The molecule has 1 aromatic heterocycles. The lowest BCUT2D eigenvalue weighted by molar-refractivity contribution is 0.0162. The van der Waals surface area contributed by atoms with E-state index in [0.717, 1.165) is 23.5 Å². The first kappa shape index (κ1) is 17.1. The quantitative estimate of drug-likeness (QED) is 0.903. The van der Waals surface area contributed by atoms with Crippen molar-refractivity contribution >= 4 is 17.2 Å². The fourth-order valence-electron chi connectivity index (χ4n) is 2.86. The number of halogens is 1. The lowest BCUT2D eigenvalue weighted by atomic mass is 10.0. The standard InChI is InChI=1S/C18H21FN2O2S/c1-13-2-7-17(24-13)18(22)20-12-16(21-8-10-23-11-9-21)14-3-5-15(19)6-4-14/h2-7,16H,8-12H2,1H3,(H,20,22)/t16-/m1/s1. The Labute approximate surface area is 145 Å². The van der Waals surface area contributed by atoms with Gasteiger partial charge in [-0.15, -0.1) is 11.3 Å². The van der Waals surface area contributed by atoms with Crippen LogP contribution in [0.5, 0.6) is 0 Å². The molecule has 24 heavy (non-hydrogen) atoms. The number of benzene rings is 1. The topological polar surface area (TPSA) is 41.6 Å². The molecule has 4 nitrogen and oxygen atoms in total. The molecule has 0 spiro atoms. The SMILES string of the molecule is Cc1ccc(C(=O)NC[C@H](c2ccc(F)cc2)N2CCOCC2)s1. The highest BCUT2D eigenvalue weighted by molar-refractivity contribution is 7.13. The summed E-state index contributed by atoms with van der Waals surface area (Å²) in [7, 11) is 0. The van der Waals surface area contributed by atoms with E-state index in [4.69, 9.17) is 4.74 Å². The lowest BCUT2D eigenvalue weighted by Crippen LogP contribution is -2.43. The molecule has 1 N–H and O–H groups in total. The van der Waals surface area contributed by atoms with Crippen LogP contribution in [-0.4, -0.2) is 43.7 Å². The van der Waals surface area contributed by atoms with Crippen LogP contribution >= 0.6 is 11.3 Å². The van der Waals surface area contributed by atoms with Crippen molar-refractivity contribution in [1.82, 2.24) is 10.2 Å². The van der Waals surface area contributed by atoms with E-state index < -0.39 is 0 Å². The molecular weight excluding hydrogens is 327 g/mol. The Bertz CT molecular complexity index is 681. The molecule has 0 radical (unpaired) electrons. The zero-order chi connectivity index (χ0) is 16.9. The Balaban J connectivity index is 1.71. The minimum atomic E-state index is -0.252. The number of carbonyl (C=O) groups excluding carboxylic acids is 1. The van der Waals surface area contributed by atoms with Gasteiger partial charge < -0.3 is 10.1 Å². The van der Waals surface area contributed by atoms with Gasteiger partial charge in [0.2, 0.25) is 0 Å². The molecule has 0 saturated carbocycles. The highest BCUT2D eigenvalue weighted by Crippen LogP contribution is 2.22. The lowest BCUT2D eigenvalue weighted by Gasteiger charge is -2.34. The first-order valence-electron chi connectivity index (χ1n) is 8.05. The third-order valence-corrected chi connectivity index (χ3v) is 5.16. The molecular formula is C18H21FN2O2S. The summed E-state index contributed by atoms with van der Waals surface area (Å²) in [5, 5.41) is 3.02. The minimum Gasteiger partial charge on any atom is -0.379 e. The van der Waals surface area contributed by atoms with E-state index in [1.807, 2.05) is 19.1 Å². The molecule has 1 atom stereocenters. The van der Waals surface area contributed by atoms with Gasteiger partial charge >= 0.3 is 0 Å². The van der Waals surface area contributed by atoms with Crippen molar-refractivity contribution in [1.29, 1.82) is 0 Å². The molecule has 2 heterocycles. The Hall–Kier alpha value is -1.76. The fraction of sp³-hybridized carbons (Fsp3) is 0.389. The van der Waals surface area contributed by atoms with Crippen LogP contribution in [0.2, 0.25) is 0 Å². The second-order valence-corrected chi connectivity index (χ2v) is 7.12. The number of morpholine rings is 1. The van der Waals surface area contributed by atoms with Gasteiger partial charge in [0.1, 0.15) is 5.82 Å². The molecule has 6 heteroatoms. The largest absolute Gasteiger partial charge is 0.379 e. The third kappa shape index (κ3) is 4.20. The van der Waals surface area contributed by atoms with Gasteiger partial charge in [0, 0.05) is 24.5 Å². The Morgan fingerprint density at radius 2 is 1.96 bits per heavy atom. The number of ether oxygens (including phenoxy) is 1. The van der Waals surface area contributed by atoms with Gasteiger partial charge in [-0.05, 0) is 36.8 Å². The van der Waals surface area contributed by atoms with Crippen LogP contribution in [0.15, 0.2) is 36.4 Å². The molecule has 2 aromatic rings. The van der Waals surface area contributed by atoms with E-state index in [0.29, 0.717) is 24.6 Å². The Morgan fingerprint density at radius 3 is 2.58 bits per heavy atom. The number of hydrogen-bond donors (Lipinski definition) is 1. The summed E-state index contributed by atoms with van der Waals surface area (Å²) in [5.74, 6) is -0.314. The number of amides is 1. The zero-order valence-electron chi connectivity index (χ0n) is 13.6. The first-order chi connectivity index (χ1) is 11.6. The van der Waals surface area contributed by atoms with Crippen LogP contribution in [0.1, 0.15) is 26.2 Å². The average Bonchev–Trinajstić information content (AvgIpc) is 3.04. The van der Waals surface area contributed by atoms with Crippen molar-refractivity contribution in [3.05, 3.63) is 57.5 Å². The van der Waals surface area contributed by atoms with Crippen LogP contribution in [0.25, 0.3) is 0 Å². The number of nitrogens with one attached hydrogen (secondary N) is 1. The minimum absolute atomic E-state index is 0.0134. The highest BCUT2D eigenvalue weighted by Gasteiger charge is 2.23. The number of thiophene rings is 1. The Morgan fingerprint density at radius 1 is 1.25 bits per heavy atom. The molecule has 1 aromatic carbocycles.